The molecule has 2 rings (SSSR count). The zero-order valence-electron chi connectivity index (χ0n) is 18.3. The Balaban J connectivity index is 1.72. The SMILES string of the molecule is NC(N)=NCCC[C@@H](N)[C@@H]1CC[C@@H](C(=O)NC[C@H](NC(=O)OCc2ccccc2)C(=O)O)O1. The number of aliphatic carboxylic acids is 1. The molecule has 4 atom stereocenters. The molecule has 0 unspecified atom stereocenters. The highest BCUT2D eigenvalue weighted by molar-refractivity contribution is 5.84. The molecule has 0 aromatic heterocycles. The van der Waals surface area contributed by atoms with Gasteiger partial charge in [0.15, 0.2) is 5.96 Å². The van der Waals surface area contributed by atoms with Crippen molar-refractivity contribution in [2.24, 2.45) is 22.2 Å². The van der Waals surface area contributed by atoms with Crippen molar-refractivity contribution in [2.75, 3.05) is 13.1 Å². The third-order valence-corrected chi connectivity index (χ3v) is 5.10. The second-order valence-corrected chi connectivity index (χ2v) is 7.70. The largest absolute Gasteiger partial charge is 0.480 e. The number of ether oxygens (including phenoxy) is 2. The van der Waals surface area contributed by atoms with Gasteiger partial charge in [0.2, 0.25) is 5.91 Å². The molecule has 0 saturated carbocycles. The first-order chi connectivity index (χ1) is 15.8. The number of hydrogen-bond donors (Lipinski definition) is 6. The van der Waals surface area contributed by atoms with Gasteiger partial charge in [-0.1, -0.05) is 30.3 Å². The van der Waals surface area contributed by atoms with Crippen LogP contribution < -0.4 is 27.8 Å². The number of nitrogens with zero attached hydrogens (tertiary/aromatic N) is 1. The minimum absolute atomic E-state index is 0.00507. The van der Waals surface area contributed by atoms with Crippen LogP contribution in [0.15, 0.2) is 35.3 Å². The summed E-state index contributed by atoms with van der Waals surface area (Å²) in [5.41, 5.74) is 17.5. The van der Waals surface area contributed by atoms with E-state index in [4.69, 9.17) is 26.7 Å². The molecule has 1 aliphatic heterocycles. The third kappa shape index (κ3) is 9.33. The number of aliphatic imine (C=N–C) groups is 1. The number of alkyl carbamates (subject to hydrolysis) is 1. The van der Waals surface area contributed by atoms with Gasteiger partial charge in [0.1, 0.15) is 18.8 Å². The topological polar surface area (TPSA) is 204 Å². The molecule has 12 heteroatoms. The van der Waals surface area contributed by atoms with Crippen LogP contribution in [0.3, 0.4) is 0 Å². The third-order valence-electron chi connectivity index (χ3n) is 5.10. The van der Waals surface area contributed by atoms with E-state index in [-0.39, 0.29) is 31.3 Å². The maximum absolute atomic E-state index is 12.4. The molecule has 1 aromatic rings. The van der Waals surface area contributed by atoms with E-state index in [1.54, 1.807) is 24.3 Å². The molecule has 1 saturated heterocycles. The molecule has 1 fully saturated rings. The number of carbonyl (C=O) groups is 3. The van der Waals surface area contributed by atoms with E-state index in [1.165, 1.54) is 0 Å². The van der Waals surface area contributed by atoms with Crippen molar-refractivity contribution >= 4 is 23.9 Å². The Hall–Kier alpha value is -3.38. The van der Waals surface area contributed by atoms with Gasteiger partial charge >= 0.3 is 12.1 Å². The minimum Gasteiger partial charge on any atom is -0.480 e. The summed E-state index contributed by atoms with van der Waals surface area (Å²) in [7, 11) is 0. The molecular weight excluding hydrogens is 432 g/mol. The van der Waals surface area contributed by atoms with Gasteiger partial charge in [-0.15, -0.1) is 0 Å². The normalized spacial score (nSPS) is 19.2. The number of rotatable bonds is 12. The summed E-state index contributed by atoms with van der Waals surface area (Å²) in [6.07, 6.45) is 0.452. The Morgan fingerprint density at radius 3 is 2.61 bits per heavy atom. The van der Waals surface area contributed by atoms with E-state index in [2.05, 4.69) is 15.6 Å². The summed E-state index contributed by atoms with van der Waals surface area (Å²) in [5.74, 6) is -1.74. The van der Waals surface area contributed by atoms with E-state index in [0.29, 0.717) is 32.2 Å². The van der Waals surface area contributed by atoms with E-state index >= 15 is 0 Å². The van der Waals surface area contributed by atoms with Crippen molar-refractivity contribution in [3.8, 4) is 0 Å². The highest BCUT2D eigenvalue weighted by atomic mass is 16.5. The van der Waals surface area contributed by atoms with Gasteiger partial charge in [-0.2, -0.15) is 0 Å². The van der Waals surface area contributed by atoms with Crippen LogP contribution in [0.2, 0.25) is 0 Å². The van der Waals surface area contributed by atoms with Gasteiger partial charge in [-0.25, -0.2) is 9.59 Å². The number of carboxylic acids is 1. The van der Waals surface area contributed by atoms with Crippen LogP contribution in [0.1, 0.15) is 31.2 Å². The summed E-state index contributed by atoms with van der Waals surface area (Å²) >= 11 is 0. The standard InChI is InChI=1S/C21H32N6O6/c22-14(7-4-10-25-20(23)24)16-8-9-17(33-16)18(28)26-11-15(19(29)30)27-21(31)32-12-13-5-2-1-3-6-13/h1-3,5-6,14-17H,4,7-12,22H2,(H,26,28)(H,27,31)(H,29,30)(H4,23,24,25)/t14-,15+,16+,17+/m1/s1. The summed E-state index contributed by atoms with van der Waals surface area (Å²) in [6.45, 7) is 0.141. The Morgan fingerprint density at radius 1 is 1.21 bits per heavy atom. The molecule has 0 aliphatic carbocycles. The lowest BCUT2D eigenvalue weighted by Gasteiger charge is -2.20. The number of nitrogens with one attached hydrogen (secondary N) is 2. The number of hydrogen-bond acceptors (Lipinski definition) is 7. The number of nitrogens with two attached hydrogens (primary N) is 3. The number of benzene rings is 1. The highest BCUT2D eigenvalue weighted by Gasteiger charge is 2.34. The van der Waals surface area contributed by atoms with Gasteiger partial charge in [0, 0.05) is 19.1 Å². The quantitative estimate of drug-likeness (QED) is 0.133. The summed E-state index contributed by atoms with van der Waals surface area (Å²) < 4.78 is 10.8. The Kier molecular flexibility index (Phi) is 10.4. The van der Waals surface area contributed by atoms with Crippen LogP contribution in [0.4, 0.5) is 4.79 Å². The molecule has 1 aromatic carbocycles. The van der Waals surface area contributed by atoms with Gasteiger partial charge in [-0.3, -0.25) is 9.79 Å². The first-order valence-corrected chi connectivity index (χ1v) is 10.7. The molecule has 33 heavy (non-hydrogen) atoms. The second kappa shape index (κ2) is 13.2. The average Bonchev–Trinajstić information content (AvgIpc) is 3.28. The van der Waals surface area contributed by atoms with Crippen LogP contribution in [-0.4, -0.2) is 66.4 Å². The highest BCUT2D eigenvalue weighted by Crippen LogP contribution is 2.23. The van der Waals surface area contributed by atoms with E-state index in [1.807, 2.05) is 6.07 Å². The lowest BCUT2D eigenvalue weighted by Crippen LogP contribution is -2.50. The minimum atomic E-state index is -1.35. The monoisotopic (exact) mass is 464 g/mol. The average molecular weight is 465 g/mol. The van der Waals surface area contributed by atoms with E-state index in [9.17, 15) is 19.5 Å². The van der Waals surface area contributed by atoms with Crippen LogP contribution in [0, 0.1) is 0 Å². The van der Waals surface area contributed by atoms with Gasteiger partial charge in [0.05, 0.1) is 6.10 Å². The predicted octanol–water partition coefficient (Wildman–Crippen LogP) is -0.589. The van der Waals surface area contributed by atoms with Gasteiger partial charge in [0.25, 0.3) is 0 Å². The Morgan fingerprint density at radius 2 is 1.94 bits per heavy atom. The molecule has 1 aliphatic rings. The fraction of sp³-hybridized carbons (Fsp3) is 0.524. The number of guanidine groups is 1. The summed E-state index contributed by atoms with van der Waals surface area (Å²) in [4.78, 5) is 39.7. The van der Waals surface area contributed by atoms with Gasteiger partial charge in [-0.05, 0) is 31.2 Å². The molecule has 0 spiro atoms. The van der Waals surface area contributed by atoms with E-state index in [0.717, 1.165) is 5.56 Å². The van der Waals surface area contributed by atoms with Crippen molar-refractivity contribution in [3.05, 3.63) is 35.9 Å². The maximum atomic E-state index is 12.4. The molecule has 1 heterocycles. The second-order valence-electron chi connectivity index (χ2n) is 7.70. The first kappa shape index (κ1) is 25.9. The summed E-state index contributed by atoms with van der Waals surface area (Å²) in [6, 6.07) is 7.33. The summed E-state index contributed by atoms with van der Waals surface area (Å²) in [5, 5.41) is 14.1. The van der Waals surface area contributed by atoms with Crippen LogP contribution in [-0.2, 0) is 25.7 Å². The zero-order chi connectivity index (χ0) is 24.2. The fourth-order valence-electron chi connectivity index (χ4n) is 3.32. The van der Waals surface area contributed by atoms with Crippen molar-refractivity contribution in [1.29, 1.82) is 0 Å². The molecule has 2 amide bonds. The van der Waals surface area contributed by atoms with Crippen molar-refractivity contribution in [3.63, 3.8) is 0 Å². The molecule has 0 radical (unpaired) electrons. The van der Waals surface area contributed by atoms with Crippen LogP contribution in [0.5, 0.6) is 0 Å². The predicted molar refractivity (Wildman–Crippen MR) is 120 cm³/mol. The van der Waals surface area contributed by atoms with Crippen molar-refractivity contribution in [1.82, 2.24) is 10.6 Å². The van der Waals surface area contributed by atoms with E-state index < -0.39 is 30.1 Å². The van der Waals surface area contributed by atoms with Crippen LogP contribution >= 0.6 is 0 Å². The number of carboxylic acid groups (broad SMARTS) is 1. The lowest BCUT2D eigenvalue weighted by atomic mass is 10.0. The van der Waals surface area contributed by atoms with Gasteiger partial charge < -0.3 is 42.4 Å². The molecular formula is C21H32N6O6. The molecule has 9 N–H and O–H groups in total. The molecule has 0 bridgehead atoms. The Labute approximate surface area is 191 Å². The first-order valence-electron chi connectivity index (χ1n) is 10.7. The zero-order valence-corrected chi connectivity index (χ0v) is 18.3. The molecule has 182 valence electrons. The smallest absolute Gasteiger partial charge is 0.408 e. The van der Waals surface area contributed by atoms with Crippen molar-refractivity contribution in [2.45, 2.75) is 56.6 Å². The Bertz CT molecular complexity index is 817. The number of amides is 2. The fourth-order valence-corrected chi connectivity index (χ4v) is 3.32. The number of carbonyl (C=O) groups excluding carboxylic acids is 2. The van der Waals surface area contributed by atoms with Crippen LogP contribution in [0.25, 0.3) is 0 Å². The van der Waals surface area contributed by atoms with Crippen molar-refractivity contribution < 1.29 is 29.0 Å². The maximum Gasteiger partial charge on any atom is 0.408 e. The lowest BCUT2D eigenvalue weighted by molar-refractivity contribution is -0.139. The molecule has 12 nitrogen and oxygen atoms in total.